The standard InChI is InChI=1S/C19H15N7O4/c1-25-18(28)14(23-26(19(25)29)13-7-3-2-4-8-13)15-22-17(30-24-15)16(27)21-11-12-6-5-9-20-10-12/h2-10H,11H2,1H3,(H,21,27). The highest BCUT2D eigenvalue weighted by atomic mass is 16.5. The normalized spacial score (nSPS) is 10.7. The number of aromatic nitrogens is 6. The molecule has 0 aliphatic carbocycles. The molecule has 4 rings (SSSR count). The maximum Gasteiger partial charge on any atom is 0.351 e. The number of carbonyl (C=O) groups is 1. The van der Waals surface area contributed by atoms with E-state index >= 15 is 0 Å². The molecule has 0 fully saturated rings. The first-order valence-corrected chi connectivity index (χ1v) is 8.81. The van der Waals surface area contributed by atoms with E-state index in [9.17, 15) is 14.4 Å². The van der Waals surface area contributed by atoms with Crippen molar-refractivity contribution in [1.29, 1.82) is 0 Å². The molecule has 1 N–H and O–H groups in total. The van der Waals surface area contributed by atoms with Crippen LogP contribution in [0.1, 0.15) is 16.2 Å². The van der Waals surface area contributed by atoms with E-state index in [1.54, 1.807) is 54.9 Å². The van der Waals surface area contributed by atoms with Crippen LogP contribution in [0, 0.1) is 0 Å². The lowest BCUT2D eigenvalue weighted by atomic mass is 10.3. The van der Waals surface area contributed by atoms with Gasteiger partial charge in [-0.2, -0.15) is 14.8 Å². The summed E-state index contributed by atoms with van der Waals surface area (Å²) in [6.45, 7) is 0.212. The van der Waals surface area contributed by atoms with Crippen molar-refractivity contribution < 1.29 is 9.32 Å². The second kappa shape index (κ2) is 7.91. The monoisotopic (exact) mass is 405 g/mol. The van der Waals surface area contributed by atoms with Crippen molar-refractivity contribution >= 4 is 5.91 Å². The van der Waals surface area contributed by atoms with Crippen LogP contribution in [0.15, 0.2) is 69.0 Å². The Hall–Kier alpha value is -4.41. The lowest BCUT2D eigenvalue weighted by Crippen LogP contribution is -2.40. The number of hydrogen-bond acceptors (Lipinski definition) is 8. The van der Waals surface area contributed by atoms with E-state index in [0.717, 1.165) is 14.8 Å². The zero-order valence-corrected chi connectivity index (χ0v) is 15.7. The quantitative estimate of drug-likeness (QED) is 0.501. The fourth-order valence-electron chi connectivity index (χ4n) is 2.62. The Morgan fingerprint density at radius 3 is 2.67 bits per heavy atom. The van der Waals surface area contributed by atoms with Gasteiger partial charge in [0, 0.05) is 26.0 Å². The lowest BCUT2D eigenvalue weighted by molar-refractivity contribution is 0.0907. The number of nitrogens with zero attached hydrogens (tertiary/aromatic N) is 6. The Morgan fingerprint density at radius 2 is 1.93 bits per heavy atom. The van der Waals surface area contributed by atoms with Crippen molar-refractivity contribution in [3.63, 3.8) is 0 Å². The molecule has 0 radical (unpaired) electrons. The molecule has 3 heterocycles. The van der Waals surface area contributed by atoms with Crippen LogP contribution in [0.5, 0.6) is 0 Å². The number of nitrogens with one attached hydrogen (secondary N) is 1. The van der Waals surface area contributed by atoms with Gasteiger partial charge in [-0.05, 0) is 23.8 Å². The van der Waals surface area contributed by atoms with Crippen LogP contribution >= 0.6 is 0 Å². The first kappa shape index (κ1) is 18.9. The van der Waals surface area contributed by atoms with Crippen LogP contribution in [0.3, 0.4) is 0 Å². The summed E-state index contributed by atoms with van der Waals surface area (Å²) < 4.78 is 6.91. The summed E-state index contributed by atoms with van der Waals surface area (Å²) in [5.41, 5.74) is -0.326. The summed E-state index contributed by atoms with van der Waals surface area (Å²) in [6, 6.07) is 12.1. The predicted molar refractivity (Wildman–Crippen MR) is 104 cm³/mol. The molecule has 1 aromatic carbocycles. The number of amides is 1. The molecule has 0 aliphatic rings. The summed E-state index contributed by atoms with van der Waals surface area (Å²) in [5, 5.41) is 10.4. The molecule has 1 amide bonds. The minimum Gasteiger partial charge on any atom is -0.344 e. The highest BCUT2D eigenvalue weighted by Gasteiger charge is 2.21. The van der Waals surface area contributed by atoms with E-state index in [0.29, 0.717) is 5.69 Å². The molecular weight excluding hydrogens is 390 g/mol. The minimum absolute atomic E-state index is 0.202. The van der Waals surface area contributed by atoms with Crippen LogP contribution < -0.4 is 16.6 Å². The zero-order valence-electron chi connectivity index (χ0n) is 15.7. The van der Waals surface area contributed by atoms with Gasteiger partial charge in [0.25, 0.3) is 5.56 Å². The van der Waals surface area contributed by atoms with Crippen molar-refractivity contribution in [3.05, 3.63) is 87.2 Å². The molecule has 4 aromatic rings. The molecule has 0 aliphatic heterocycles. The first-order valence-electron chi connectivity index (χ1n) is 8.81. The Morgan fingerprint density at radius 1 is 1.13 bits per heavy atom. The average molecular weight is 405 g/mol. The third-order valence-corrected chi connectivity index (χ3v) is 4.18. The Bertz CT molecular complexity index is 1310. The Balaban J connectivity index is 1.64. The molecular formula is C19H15N7O4. The van der Waals surface area contributed by atoms with Gasteiger partial charge in [0.2, 0.25) is 5.82 Å². The lowest BCUT2D eigenvalue weighted by Gasteiger charge is -2.07. The van der Waals surface area contributed by atoms with Gasteiger partial charge in [-0.15, -0.1) is 0 Å². The first-order chi connectivity index (χ1) is 14.5. The van der Waals surface area contributed by atoms with E-state index < -0.39 is 17.2 Å². The average Bonchev–Trinajstić information content (AvgIpc) is 3.27. The molecule has 30 heavy (non-hydrogen) atoms. The van der Waals surface area contributed by atoms with Crippen LogP contribution in [-0.4, -0.2) is 35.4 Å². The van der Waals surface area contributed by atoms with Crippen LogP contribution in [0.4, 0.5) is 0 Å². The van der Waals surface area contributed by atoms with E-state index in [1.165, 1.54) is 7.05 Å². The number of hydrogen-bond donors (Lipinski definition) is 1. The molecule has 0 atom stereocenters. The summed E-state index contributed by atoms with van der Waals surface area (Å²) >= 11 is 0. The Labute approximate surface area is 168 Å². The van der Waals surface area contributed by atoms with Gasteiger partial charge in [-0.3, -0.25) is 19.1 Å². The molecule has 11 nitrogen and oxygen atoms in total. The van der Waals surface area contributed by atoms with Crippen molar-refractivity contribution in [2.75, 3.05) is 0 Å². The second-order valence-corrected chi connectivity index (χ2v) is 6.21. The van der Waals surface area contributed by atoms with Gasteiger partial charge in [0.05, 0.1) is 5.69 Å². The summed E-state index contributed by atoms with van der Waals surface area (Å²) in [6.07, 6.45) is 3.23. The van der Waals surface area contributed by atoms with Crippen LogP contribution in [0.25, 0.3) is 17.2 Å². The van der Waals surface area contributed by atoms with Gasteiger partial charge in [-0.1, -0.05) is 29.4 Å². The third kappa shape index (κ3) is 3.63. The molecule has 0 bridgehead atoms. The number of pyridine rings is 1. The van der Waals surface area contributed by atoms with Crippen LogP contribution in [0.2, 0.25) is 0 Å². The van der Waals surface area contributed by atoms with E-state index in [2.05, 4.69) is 25.5 Å². The number of rotatable bonds is 5. The minimum atomic E-state index is -0.713. The third-order valence-electron chi connectivity index (χ3n) is 4.18. The van der Waals surface area contributed by atoms with Gasteiger partial charge in [0.15, 0.2) is 5.69 Å². The van der Waals surface area contributed by atoms with E-state index in [-0.39, 0.29) is 24.0 Å². The Kier molecular flexibility index (Phi) is 4.99. The van der Waals surface area contributed by atoms with E-state index in [4.69, 9.17) is 4.52 Å². The molecule has 150 valence electrons. The molecule has 11 heteroatoms. The predicted octanol–water partition coefficient (Wildman–Crippen LogP) is 0.306. The van der Waals surface area contributed by atoms with Gasteiger partial charge in [-0.25, -0.2) is 4.79 Å². The van der Waals surface area contributed by atoms with E-state index in [1.807, 2.05) is 0 Å². The highest BCUT2D eigenvalue weighted by Crippen LogP contribution is 2.10. The number of para-hydroxylation sites is 1. The van der Waals surface area contributed by atoms with Gasteiger partial charge >= 0.3 is 17.5 Å². The molecule has 0 unspecified atom stereocenters. The molecule has 3 aromatic heterocycles. The second-order valence-electron chi connectivity index (χ2n) is 6.21. The number of carbonyl (C=O) groups excluding carboxylic acids is 1. The molecule has 0 saturated carbocycles. The topological polar surface area (TPSA) is 138 Å². The SMILES string of the molecule is Cn1c(=O)c(-c2noc(C(=O)NCc3cccnc3)n2)nn(-c2ccccc2)c1=O. The summed E-state index contributed by atoms with van der Waals surface area (Å²) in [7, 11) is 1.32. The van der Waals surface area contributed by atoms with Crippen LogP contribution in [-0.2, 0) is 13.6 Å². The highest BCUT2D eigenvalue weighted by molar-refractivity contribution is 5.89. The zero-order chi connectivity index (χ0) is 21.1. The fraction of sp³-hybridized carbons (Fsp3) is 0.105. The van der Waals surface area contributed by atoms with Gasteiger partial charge in [0.1, 0.15) is 0 Å². The van der Waals surface area contributed by atoms with Gasteiger partial charge < -0.3 is 9.84 Å². The van der Waals surface area contributed by atoms with Crippen molar-refractivity contribution in [3.8, 4) is 17.2 Å². The fourth-order valence-corrected chi connectivity index (χ4v) is 2.62. The smallest absolute Gasteiger partial charge is 0.344 e. The molecule has 0 spiro atoms. The van der Waals surface area contributed by atoms with Crippen molar-refractivity contribution in [1.82, 2.24) is 34.8 Å². The molecule has 0 saturated heterocycles. The number of benzene rings is 1. The summed E-state index contributed by atoms with van der Waals surface area (Å²) in [5.74, 6) is -1.16. The van der Waals surface area contributed by atoms with Crippen molar-refractivity contribution in [2.24, 2.45) is 7.05 Å². The van der Waals surface area contributed by atoms with Crippen molar-refractivity contribution in [2.45, 2.75) is 6.54 Å². The maximum atomic E-state index is 12.5. The summed E-state index contributed by atoms with van der Waals surface area (Å²) in [4.78, 5) is 45.2. The maximum absolute atomic E-state index is 12.5. The largest absolute Gasteiger partial charge is 0.351 e.